The molecule has 0 bridgehead atoms. The molecule has 1 aromatic heterocycles. The van der Waals surface area contributed by atoms with Crippen molar-refractivity contribution in [2.24, 2.45) is 0 Å². The van der Waals surface area contributed by atoms with Crippen LogP contribution >= 0.6 is 0 Å². The lowest BCUT2D eigenvalue weighted by molar-refractivity contribution is -0.384. The number of benzene rings is 1. The van der Waals surface area contributed by atoms with Gasteiger partial charge in [0.25, 0.3) is 5.69 Å². The van der Waals surface area contributed by atoms with E-state index in [0.717, 1.165) is 0 Å². The van der Waals surface area contributed by atoms with Gasteiger partial charge in [-0.1, -0.05) is 6.07 Å². The predicted molar refractivity (Wildman–Crippen MR) is 72.3 cm³/mol. The fourth-order valence-electron chi connectivity index (χ4n) is 1.79. The first-order valence-electron chi connectivity index (χ1n) is 5.99. The summed E-state index contributed by atoms with van der Waals surface area (Å²) in [5.41, 5.74) is 1.26. The van der Waals surface area contributed by atoms with Crippen molar-refractivity contribution in [2.75, 3.05) is 6.61 Å². The minimum Gasteiger partial charge on any atom is -0.462 e. The first kappa shape index (κ1) is 13.7. The molecule has 0 aliphatic heterocycles. The van der Waals surface area contributed by atoms with E-state index in [-0.39, 0.29) is 17.9 Å². The van der Waals surface area contributed by atoms with Crippen molar-refractivity contribution in [1.29, 1.82) is 0 Å². The molecule has 0 amide bonds. The maximum atomic E-state index is 11.9. The van der Waals surface area contributed by atoms with Crippen LogP contribution in [-0.2, 0) is 4.74 Å². The normalized spacial score (nSPS) is 10.1. The molecule has 1 heterocycles. The number of pyridine rings is 1. The Balaban J connectivity index is 2.57. The van der Waals surface area contributed by atoms with E-state index < -0.39 is 10.9 Å². The van der Waals surface area contributed by atoms with Gasteiger partial charge in [-0.05, 0) is 19.1 Å². The molecule has 0 spiro atoms. The summed E-state index contributed by atoms with van der Waals surface area (Å²) in [7, 11) is 0. The molecule has 0 saturated carbocycles. The summed E-state index contributed by atoms with van der Waals surface area (Å²) in [5.74, 6) is -0.513. The second kappa shape index (κ2) is 5.92. The van der Waals surface area contributed by atoms with E-state index in [4.69, 9.17) is 4.74 Å². The number of hydrogen-bond donors (Lipinski definition) is 0. The average molecular weight is 272 g/mol. The van der Waals surface area contributed by atoms with Gasteiger partial charge in [0.05, 0.1) is 17.1 Å². The molecule has 0 unspecified atom stereocenters. The number of carbonyl (C=O) groups is 1. The molecule has 6 heteroatoms. The summed E-state index contributed by atoms with van der Waals surface area (Å²) in [6.45, 7) is 1.94. The molecule has 2 rings (SSSR count). The zero-order valence-corrected chi connectivity index (χ0v) is 10.8. The maximum Gasteiger partial charge on any atom is 0.338 e. The summed E-state index contributed by atoms with van der Waals surface area (Å²) < 4.78 is 4.96. The highest BCUT2D eigenvalue weighted by Crippen LogP contribution is 2.28. The number of esters is 1. The third-order valence-corrected chi connectivity index (χ3v) is 2.68. The number of nitro groups is 1. The number of ether oxygens (including phenoxy) is 1. The molecule has 1 aromatic carbocycles. The van der Waals surface area contributed by atoms with Crippen LogP contribution in [0.25, 0.3) is 11.1 Å². The maximum absolute atomic E-state index is 11.9. The highest BCUT2D eigenvalue weighted by molar-refractivity contribution is 5.97. The van der Waals surface area contributed by atoms with Gasteiger partial charge in [0.15, 0.2) is 0 Å². The second-order valence-electron chi connectivity index (χ2n) is 3.95. The number of rotatable bonds is 4. The van der Waals surface area contributed by atoms with Crippen molar-refractivity contribution in [3.05, 3.63) is 58.4 Å². The van der Waals surface area contributed by atoms with Crippen molar-refractivity contribution in [1.82, 2.24) is 4.98 Å². The largest absolute Gasteiger partial charge is 0.462 e. The van der Waals surface area contributed by atoms with Crippen LogP contribution in [0.2, 0.25) is 0 Å². The van der Waals surface area contributed by atoms with Crippen LogP contribution in [0, 0.1) is 10.1 Å². The quantitative estimate of drug-likeness (QED) is 0.485. The van der Waals surface area contributed by atoms with Gasteiger partial charge in [-0.25, -0.2) is 4.79 Å². The standard InChI is InChI=1S/C14H12N2O4/c1-2-20-14(17)12-6-5-11(16(18)19)8-13(12)10-4-3-7-15-9-10/h3-9H,2H2,1H3. The third-order valence-electron chi connectivity index (χ3n) is 2.68. The van der Waals surface area contributed by atoms with Gasteiger partial charge < -0.3 is 4.74 Å². The number of non-ortho nitro benzene ring substituents is 1. The van der Waals surface area contributed by atoms with Crippen LogP contribution < -0.4 is 0 Å². The average Bonchev–Trinajstić information content (AvgIpc) is 2.47. The summed E-state index contributed by atoms with van der Waals surface area (Å²) in [4.78, 5) is 26.2. The lowest BCUT2D eigenvalue weighted by Crippen LogP contribution is -2.07. The Bertz CT molecular complexity index is 641. The Labute approximate surface area is 115 Å². The van der Waals surface area contributed by atoms with Gasteiger partial charge in [0, 0.05) is 35.7 Å². The second-order valence-corrected chi connectivity index (χ2v) is 3.95. The molecule has 20 heavy (non-hydrogen) atoms. The smallest absolute Gasteiger partial charge is 0.338 e. The van der Waals surface area contributed by atoms with Gasteiger partial charge in [-0.15, -0.1) is 0 Å². The lowest BCUT2D eigenvalue weighted by atomic mass is 10.0. The Kier molecular flexibility index (Phi) is 4.05. The Hall–Kier alpha value is -2.76. The Morgan fingerprint density at radius 2 is 2.20 bits per heavy atom. The van der Waals surface area contributed by atoms with Gasteiger partial charge in [-0.2, -0.15) is 0 Å². The fraction of sp³-hybridized carbons (Fsp3) is 0.143. The highest BCUT2D eigenvalue weighted by atomic mass is 16.6. The van der Waals surface area contributed by atoms with Crippen LogP contribution in [0.4, 0.5) is 5.69 Å². The third kappa shape index (κ3) is 2.80. The van der Waals surface area contributed by atoms with Gasteiger partial charge in [0.2, 0.25) is 0 Å². The molecule has 0 aliphatic rings. The Morgan fingerprint density at radius 3 is 2.80 bits per heavy atom. The number of nitro benzene ring substituents is 1. The molecule has 0 radical (unpaired) electrons. The Morgan fingerprint density at radius 1 is 1.40 bits per heavy atom. The van der Waals surface area contributed by atoms with Crippen LogP contribution in [0.1, 0.15) is 17.3 Å². The van der Waals surface area contributed by atoms with Gasteiger partial charge >= 0.3 is 5.97 Å². The topological polar surface area (TPSA) is 82.3 Å². The monoisotopic (exact) mass is 272 g/mol. The van der Waals surface area contributed by atoms with E-state index in [0.29, 0.717) is 11.1 Å². The van der Waals surface area contributed by atoms with E-state index >= 15 is 0 Å². The molecule has 0 saturated heterocycles. The van der Waals surface area contributed by atoms with Crippen LogP contribution in [0.15, 0.2) is 42.7 Å². The van der Waals surface area contributed by atoms with Crippen molar-refractivity contribution < 1.29 is 14.5 Å². The van der Waals surface area contributed by atoms with Crippen LogP contribution in [0.5, 0.6) is 0 Å². The summed E-state index contributed by atoms with van der Waals surface area (Å²) in [6, 6.07) is 7.46. The number of aromatic nitrogens is 1. The number of carbonyl (C=O) groups excluding carboxylic acids is 1. The molecule has 2 aromatic rings. The zero-order chi connectivity index (χ0) is 14.5. The number of nitrogens with zero attached hydrogens (tertiary/aromatic N) is 2. The van der Waals surface area contributed by atoms with Crippen LogP contribution in [-0.4, -0.2) is 22.5 Å². The van der Waals surface area contributed by atoms with E-state index in [1.165, 1.54) is 18.2 Å². The first-order valence-corrected chi connectivity index (χ1v) is 5.99. The minimum atomic E-state index is -0.513. The molecule has 0 fully saturated rings. The van der Waals surface area contributed by atoms with Gasteiger partial charge in [0.1, 0.15) is 0 Å². The SMILES string of the molecule is CCOC(=O)c1ccc([N+](=O)[O-])cc1-c1cccnc1. The van der Waals surface area contributed by atoms with E-state index in [2.05, 4.69) is 4.98 Å². The highest BCUT2D eigenvalue weighted by Gasteiger charge is 2.18. The molecular weight excluding hydrogens is 260 g/mol. The molecular formula is C14H12N2O4. The van der Waals surface area contributed by atoms with Crippen molar-refractivity contribution in [3.8, 4) is 11.1 Å². The molecule has 6 nitrogen and oxygen atoms in total. The number of hydrogen-bond acceptors (Lipinski definition) is 5. The molecule has 0 atom stereocenters. The zero-order valence-electron chi connectivity index (χ0n) is 10.8. The summed E-state index contributed by atoms with van der Waals surface area (Å²) in [5, 5.41) is 10.9. The predicted octanol–water partition coefficient (Wildman–Crippen LogP) is 2.83. The summed E-state index contributed by atoms with van der Waals surface area (Å²) in [6.07, 6.45) is 3.13. The van der Waals surface area contributed by atoms with E-state index in [1.807, 2.05) is 0 Å². The lowest BCUT2D eigenvalue weighted by Gasteiger charge is -2.08. The molecule has 0 N–H and O–H groups in total. The fourth-order valence-corrected chi connectivity index (χ4v) is 1.79. The van der Waals surface area contributed by atoms with Gasteiger partial charge in [-0.3, -0.25) is 15.1 Å². The van der Waals surface area contributed by atoms with E-state index in [9.17, 15) is 14.9 Å². The molecule has 0 aliphatic carbocycles. The first-order chi connectivity index (χ1) is 9.63. The molecule has 102 valence electrons. The van der Waals surface area contributed by atoms with Crippen molar-refractivity contribution >= 4 is 11.7 Å². The van der Waals surface area contributed by atoms with Crippen LogP contribution in [0.3, 0.4) is 0 Å². The van der Waals surface area contributed by atoms with Crippen molar-refractivity contribution in [2.45, 2.75) is 6.92 Å². The van der Waals surface area contributed by atoms with E-state index in [1.54, 1.807) is 31.5 Å². The minimum absolute atomic E-state index is 0.0862. The van der Waals surface area contributed by atoms with Crippen molar-refractivity contribution in [3.63, 3.8) is 0 Å². The summed E-state index contributed by atoms with van der Waals surface area (Å²) >= 11 is 0.